The number of benzene rings is 2. The van der Waals surface area contributed by atoms with Gasteiger partial charge in [0.15, 0.2) is 9.84 Å². The van der Waals surface area contributed by atoms with Gasteiger partial charge in [0.1, 0.15) is 11.5 Å². The van der Waals surface area contributed by atoms with Crippen LogP contribution < -0.4 is 10.1 Å². The summed E-state index contributed by atoms with van der Waals surface area (Å²) in [7, 11) is -1.66. The minimum Gasteiger partial charge on any atom is -0.508 e. The molecule has 3 N–H and O–H groups in total. The number of aliphatic hydroxyl groups excluding tert-OH is 1. The van der Waals surface area contributed by atoms with E-state index >= 15 is 0 Å². The Morgan fingerprint density at radius 3 is 2.36 bits per heavy atom. The fourth-order valence-electron chi connectivity index (χ4n) is 3.01. The van der Waals surface area contributed by atoms with Crippen LogP contribution in [0.3, 0.4) is 0 Å². The first-order chi connectivity index (χ1) is 13.0. The first-order valence-electron chi connectivity index (χ1n) is 9.07. The third-order valence-electron chi connectivity index (χ3n) is 4.67. The van der Waals surface area contributed by atoms with Gasteiger partial charge in [-0.05, 0) is 62.2 Å². The predicted octanol–water partition coefficient (Wildman–Crippen LogP) is 2.59. The molecule has 0 fully saturated rings. The quantitative estimate of drug-likeness (QED) is 0.591. The van der Waals surface area contributed by atoms with Crippen molar-refractivity contribution in [2.24, 2.45) is 0 Å². The van der Waals surface area contributed by atoms with Crippen LogP contribution >= 0.6 is 0 Å². The maximum atomic E-state index is 11.6. The van der Waals surface area contributed by atoms with E-state index in [4.69, 9.17) is 4.74 Å². The van der Waals surface area contributed by atoms with Gasteiger partial charge in [0, 0.05) is 17.4 Å². The van der Waals surface area contributed by atoms with Gasteiger partial charge < -0.3 is 20.3 Å². The van der Waals surface area contributed by atoms with Gasteiger partial charge in [-0.25, -0.2) is 8.42 Å². The predicted molar refractivity (Wildman–Crippen MR) is 110 cm³/mol. The third-order valence-corrected chi connectivity index (χ3v) is 5.51. The SMILES string of the molecule is COc1ccc(CCNC(C)(C)C(O)c2ccc(O)c(CS(C)(=O)=O)c2)cc1. The Morgan fingerprint density at radius 2 is 1.79 bits per heavy atom. The first kappa shape index (κ1) is 22.2. The Kier molecular flexibility index (Phi) is 7.09. The maximum Gasteiger partial charge on any atom is 0.151 e. The first-order valence-corrected chi connectivity index (χ1v) is 11.1. The lowest BCUT2D eigenvalue weighted by molar-refractivity contribution is 0.0806. The summed E-state index contributed by atoms with van der Waals surface area (Å²) in [5.74, 6) is 0.446. The molecule has 0 bridgehead atoms. The van der Waals surface area contributed by atoms with Gasteiger partial charge in [-0.1, -0.05) is 18.2 Å². The average molecular weight is 408 g/mol. The fourth-order valence-corrected chi connectivity index (χ4v) is 3.80. The fraction of sp³-hybridized carbons (Fsp3) is 0.429. The summed E-state index contributed by atoms with van der Waals surface area (Å²) in [5, 5.41) is 24.1. The highest BCUT2D eigenvalue weighted by atomic mass is 32.2. The van der Waals surface area contributed by atoms with Crippen LogP contribution in [0.1, 0.15) is 36.6 Å². The molecule has 0 aliphatic rings. The molecule has 6 nitrogen and oxygen atoms in total. The minimum absolute atomic E-state index is 0.0911. The second kappa shape index (κ2) is 8.94. The minimum atomic E-state index is -3.29. The van der Waals surface area contributed by atoms with Crippen LogP contribution in [-0.4, -0.2) is 44.1 Å². The highest BCUT2D eigenvalue weighted by Gasteiger charge is 2.29. The van der Waals surface area contributed by atoms with Crippen LogP contribution in [0, 0.1) is 0 Å². The van der Waals surface area contributed by atoms with Gasteiger partial charge in [0.25, 0.3) is 0 Å². The van der Waals surface area contributed by atoms with E-state index in [1.807, 2.05) is 38.1 Å². The van der Waals surface area contributed by atoms with E-state index in [1.165, 1.54) is 6.07 Å². The second-order valence-corrected chi connectivity index (χ2v) is 9.75. The largest absolute Gasteiger partial charge is 0.508 e. The van der Waals surface area contributed by atoms with Crippen molar-refractivity contribution in [2.45, 2.75) is 37.7 Å². The van der Waals surface area contributed by atoms with Crippen molar-refractivity contribution in [1.82, 2.24) is 5.32 Å². The number of aliphatic hydroxyl groups is 1. The van der Waals surface area contributed by atoms with Crippen LogP contribution in [0.2, 0.25) is 0 Å². The molecule has 0 amide bonds. The Morgan fingerprint density at radius 1 is 1.14 bits per heavy atom. The van der Waals surface area contributed by atoms with Gasteiger partial charge in [0.05, 0.1) is 19.0 Å². The smallest absolute Gasteiger partial charge is 0.151 e. The molecule has 0 aromatic heterocycles. The Hall–Kier alpha value is -2.09. The monoisotopic (exact) mass is 407 g/mol. The van der Waals surface area contributed by atoms with Gasteiger partial charge in [-0.2, -0.15) is 0 Å². The van der Waals surface area contributed by atoms with Crippen LogP contribution in [0.4, 0.5) is 0 Å². The molecule has 0 aliphatic carbocycles. The molecule has 2 aromatic carbocycles. The van der Waals surface area contributed by atoms with Gasteiger partial charge in [-0.15, -0.1) is 0 Å². The van der Waals surface area contributed by atoms with Gasteiger partial charge in [-0.3, -0.25) is 0 Å². The highest BCUT2D eigenvalue weighted by Crippen LogP contribution is 2.30. The van der Waals surface area contributed by atoms with Crippen molar-refractivity contribution in [1.29, 1.82) is 0 Å². The summed E-state index contributed by atoms with van der Waals surface area (Å²) in [6.45, 7) is 4.42. The number of hydrogen-bond donors (Lipinski definition) is 3. The highest BCUT2D eigenvalue weighted by molar-refractivity contribution is 7.89. The van der Waals surface area contributed by atoms with Gasteiger partial charge >= 0.3 is 0 Å². The number of rotatable bonds is 9. The molecule has 0 saturated heterocycles. The summed E-state index contributed by atoms with van der Waals surface area (Å²) >= 11 is 0. The molecular formula is C21H29NO5S. The van der Waals surface area contributed by atoms with E-state index in [2.05, 4.69) is 5.32 Å². The van der Waals surface area contributed by atoms with Crippen molar-refractivity contribution in [3.63, 3.8) is 0 Å². The Labute approximate surface area is 167 Å². The van der Waals surface area contributed by atoms with Crippen LogP contribution in [-0.2, 0) is 22.0 Å². The lowest BCUT2D eigenvalue weighted by Crippen LogP contribution is -2.45. The van der Waals surface area contributed by atoms with E-state index in [9.17, 15) is 18.6 Å². The molecule has 0 saturated carbocycles. The Bertz CT molecular complexity index is 892. The van der Waals surface area contributed by atoms with E-state index in [0.29, 0.717) is 12.1 Å². The molecule has 0 heterocycles. The second-order valence-electron chi connectivity index (χ2n) is 7.61. The van der Waals surface area contributed by atoms with Crippen LogP contribution in [0.15, 0.2) is 42.5 Å². The molecule has 2 rings (SSSR count). The number of phenolic OH excluding ortho intramolecular Hbond substituents is 1. The lowest BCUT2D eigenvalue weighted by Gasteiger charge is -2.32. The summed E-state index contributed by atoms with van der Waals surface area (Å²) in [6.07, 6.45) is 1.03. The zero-order chi connectivity index (χ0) is 20.9. The van der Waals surface area contributed by atoms with Crippen LogP contribution in [0.25, 0.3) is 0 Å². The van der Waals surface area contributed by atoms with Crippen molar-refractivity contribution < 1.29 is 23.4 Å². The average Bonchev–Trinajstić information content (AvgIpc) is 2.62. The molecule has 2 aromatic rings. The maximum absolute atomic E-state index is 11.6. The molecule has 1 atom stereocenters. The molecule has 28 heavy (non-hydrogen) atoms. The normalized spacial score (nSPS) is 13.3. The number of methoxy groups -OCH3 is 1. The standard InChI is InChI=1S/C21H29NO5S/c1-21(2,22-12-11-15-5-8-18(27-3)9-6-15)20(24)16-7-10-19(23)17(13-16)14-28(4,25)26/h5-10,13,20,22-24H,11-12,14H2,1-4H3. The Balaban J connectivity index is 2.04. The number of sulfone groups is 1. The zero-order valence-corrected chi connectivity index (χ0v) is 17.6. The van der Waals surface area contributed by atoms with E-state index in [0.717, 1.165) is 24.0 Å². The third kappa shape index (κ3) is 6.22. The number of ether oxygens (including phenoxy) is 1. The summed E-state index contributed by atoms with van der Waals surface area (Å²) in [6, 6.07) is 12.4. The summed E-state index contributed by atoms with van der Waals surface area (Å²) in [5.41, 5.74) is 1.34. The number of aromatic hydroxyl groups is 1. The molecule has 154 valence electrons. The summed E-state index contributed by atoms with van der Waals surface area (Å²) in [4.78, 5) is 0. The molecule has 0 aliphatic heterocycles. The number of nitrogens with one attached hydrogen (secondary N) is 1. The lowest BCUT2D eigenvalue weighted by atomic mass is 9.90. The number of hydrogen-bond acceptors (Lipinski definition) is 6. The van der Waals surface area contributed by atoms with Gasteiger partial charge in [0.2, 0.25) is 0 Å². The summed E-state index contributed by atoms with van der Waals surface area (Å²) < 4.78 is 28.3. The molecule has 0 radical (unpaired) electrons. The van der Waals surface area contributed by atoms with Crippen molar-refractivity contribution in [2.75, 3.05) is 19.9 Å². The van der Waals surface area contributed by atoms with Crippen molar-refractivity contribution >= 4 is 9.84 Å². The molecule has 0 spiro atoms. The van der Waals surface area contributed by atoms with E-state index in [-0.39, 0.29) is 17.1 Å². The van der Waals surface area contributed by atoms with E-state index < -0.39 is 21.5 Å². The van der Waals surface area contributed by atoms with Crippen molar-refractivity contribution in [3.05, 3.63) is 59.2 Å². The number of phenols is 1. The molecule has 1 unspecified atom stereocenters. The van der Waals surface area contributed by atoms with E-state index in [1.54, 1.807) is 19.2 Å². The molecule has 7 heteroatoms. The van der Waals surface area contributed by atoms with Crippen molar-refractivity contribution in [3.8, 4) is 11.5 Å². The zero-order valence-electron chi connectivity index (χ0n) is 16.8. The van der Waals surface area contributed by atoms with Crippen LogP contribution in [0.5, 0.6) is 11.5 Å². The molecular weight excluding hydrogens is 378 g/mol. The topological polar surface area (TPSA) is 95.9 Å².